The van der Waals surface area contributed by atoms with Gasteiger partial charge < -0.3 is 4.74 Å². The van der Waals surface area contributed by atoms with Gasteiger partial charge in [0.15, 0.2) is 5.78 Å². The summed E-state index contributed by atoms with van der Waals surface area (Å²) in [5, 5.41) is 0. The molecule has 0 spiro atoms. The minimum atomic E-state index is 0.117. The van der Waals surface area contributed by atoms with Gasteiger partial charge in [-0.05, 0) is 43.4 Å². The molecule has 0 aromatic heterocycles. The van der Waals surface area contributed by atoms with Gasteiger partial charge in [-0.2, -0.15) is 0 Å². The minimum Gasteiger partial charge on any atom is -0.493 e. The Hall–Kier alpha value is -1.57. The Balaban J connectivity index is 2.11. The molecule has 0 fully saturated rings. The third kappa shape index (κ3) is 3.25. The van der Waals surface area contributed by atoms with Gasteiger partial charge in [0.05, 0.1) is 6.61 Å². The third-order valence-corrected chi connectivity index (χ3v) is 3.42. The summed E-state index contributed by atoms with van der Waals surface area (Å²) in [6.45, 7) is 6.91. The molecule has 0 heterocycles. The van der Waals surface area contributed by atoms with E-state index in [4.69, 9.17) is 4.74 Å². The van der Waals surface area contributed by atoms with Crippen molar-refractivity contribution in [1.29, 1.82) is 0 Å². The van der Waals surface area contributed by atoms with Gasteiger partial charge in [-0.15, -0.1) is 0 Å². The molecule has 1 aliphatic carbocycles. The molecule has 1 aromatic rings. The Morgan fingerprint density at radius 2 is 2.21 bits per heavy atom. The average Bonchev–Trinajstić information content (AvgIpc) is 2.71. The SMILES string of the molecule is C/C=C/CC1Cc2ccc(OCC(C)C)cc2C1=O. The van der Waals surface area contributed by atoms with Crippen molar-refractivity contribution in [3.05, 3.63) is 41.5 Å². The van der Waals surface area contributed by atoms with E-state index in [-0.39, 0.29) is 11.7 Å². The Morgan fingerprint density at radius 3 is 2.89 bits per heavy atom. The first-order valence-corrected chi connectivity index (χ1v) is 7.03. The summed E-state index contributed by atoms with van der Waals surface area (Å²) in [5.74, 6) is 1.69. The zero-order chi connectivity index (χ0) is 13.8. The van der Waals surface area contributed by atoms with E-state index in [1.807, 2.05) is 31.2 Å². The average molecular weight is 258 g/mol. The summed E-state index contributed by atoms with van der Waals surface area (Å²) in [6, 6.07) is 5.93. The van der Waals surface area contributed by atoms with Gasteiger partial charge in [0, 0.05) is 11.5 Å². The molecule has 0 amide bonds. The van der Waals surface area contributed by atoms with Crippen LogP contribution in [-0.4, -0.2) is 12.4 Å². The van der Waals surface area contributed by atoms with Crippen molar-refractivity contribution in [3.63, 3.8) is 0 Å². The summed E-state index contributed by atoms with van der Waals surface area (Å²) < 4.78 is 5.69. The Kier molecular flexibility index (Phi) is 4.41. The van der Waals surface area contributed by atoms with Crippen LogP contribution in [-0.2, 0) is 6.42 Å². The van der Waals surface area contributed by atoms with E-state index < -0.39 is 0 Å². The molecular formula is C17H22O2. The second kappa shape index (κ2) is 6.05. The van der Waals surface area contributed by atoms with Gasteiger partial charge in [-0.3, -0.25) is 4.79 Å². The number of benzene rings is 1. The van der Waals surface area contributed by atoms with E-state index in [0.29, 0.717) is 12.5 Å². The van der Waals surface area contributed by atoms with Crippen molar-refractivity contribution in [1.82, 2.24) is 0 Å². The Bertz CT molecular complexity index is 486. The summed E-state index contributed by atoms with van der Waals surface area (Å²) in [4.78, 5) is 12.3. The number of fused-ring (bicyclic) bond motifs is 1. The fraction of sp³-hybridized carbons (Fsp3) is 0.471. The molecule has 2 nitrogen and oxygen atoms in total. The van der Waals surface area contributed by atoms with Crippen LogP contribution in [0.1, 0.15) is 43.1 Å². The molecule has 2 heteroatoms. The van der Waals surface area contributed by atoms with Crippen molar-refractivity contribution in [2.75, 3.05) is 6.61 Å². The highest BCUT2D eigenvalue weighted by molar-refractivity contribution is 6.02. The number of rotatable bonds is 5. The second-order valence-electron chi connectivity index (χ2n) is 5.59. The van der Waals surface area contributed by atoms with Gasteiger partial charge in [-0.1, -0.05) is 32.1 Å². The van der Waals surface area contributed by atoms with E-state index in [1.165, 1.54) is 0 Å². The molecule has 0 aliphatic heterocycles. The number of carbonyl (C=O) groups excluding carboxylic acids is 1. The summed E-state index contributed by atoms with van der Waals surface area (Å²) in [6.07, 6.45) is 5.78. The Labute approximate surface area is 115 Å². The van der Waals surface area contributed by atoms with Gasteiger partial charge >= 0.3 is 0 Å². The van der Waals surface area contributed by atoms with Gasteiger partial charge in [-0.25, -0.2) is 0 Å². The highest BCUT2D eigenvalue weighted by Crippen LogP contribution is 2.31. The first kappa shape index (κ1) is 13.9. The number of ether oxygens (including phenoxy) is 1. The van der Waals surface area contributed by atoms with Crippen LogP contribution in [0.5, 0.6) is 5.75 Å². The number of ketones is 1. The van der Waals surface area contributed by atoms with Crippen LogP contribution < -0.4 is 4.74 Å². The van der Waals surface area contributed by atoms with E-state index in [1.54, 1.807) is 0 Å². The molecule has 0 saturated heterocycles. The zero-order valence-electron chi connectivity index (χ0n) is 12.0. The summed E-state index contributed by atoms with van der Waals surface area (Å²) in [5.41, 5.74) is 2.02. The standard InChI is InChI=1S/C17H22O2/c1-4-5-6-14-9-13-7-8-15(19-11-12(2)3)10-16(13)17(14)18/h4-5,7-8,10,12,14H,6,9,11H2,1-3H3/b5-4+. The highest BCUT2D eigenvalue weighted by atomic mass is 16.5. The number of Topliss-reactive ketones (excluding diaryl/α,β-unsaturated/α-hetero) is 1. The third-order valence-electron chi connectivity index (χ3n) is 3.42. The largest absolute Gasteiger partial charge is 0.493 e. The lowest BCUT2D eigenvalue weighted by molar-refractivity contribution is 0.0937. The molecule has 2 rings (SSSR count). The van der Waals surface area contributed by atoms with Crippen molar-refractivity contribution in [2.45, 2.75) is 33.6 Å². The second-order valence-corrected chi connectivity index (χ2v) is 5.59. The van der Waals surface area contributed by atoms with Crippen LogP contribution in [0.25, 0.3) is 0 Å². The maximum Gasteiger partial charge on any atom is 0.166 e. The number of hydrogen-bond donors (Lipinski definition) is 0. The van der Waals surface area contributed by atoms with Crippen molar-refractivity contribution in [2.24, 2.45) is 11.8 Å². The molecule has 0 N–H and O–H groups in total. The molecule has 0 saturated carbocycles. The van der Waals surface area contributed by atoms with E-state index >= 15 is 0 Å². The van der Waals surface area contributed by atoms with Gasteiger partial charge in [0.1, 0.15) is 5.75 Å². The Morgan fingerprint density at radius 1 is 1.42 bits per heavy atom. The molecule has 102 valence electrons. The molecule has 1 aliphatic rings. The predicted molar refractivity (Wildman–Crippen MR) is 77.7 cm³/mol. The molecule has 1 atom stereocenters. The lowest BCUT2D eigenvalue weighted by atomic mass is 10.0. The number of allylic oxidation sites excluding steroid dienone is 2. The highest BCUT2D eigenvalue weighted by Gasteiger charge is 2.29. The molecular weight excluding hydrogens is 236 g/mol. The van der Waals surface area contributed by atoms with Crippen LogP contribution >= 0.6 is 0 Å². The van der Waals surface area contributed by atoms with Crippen LogP contribution in [0.3, 0.4) is 0 Å². The maximum atomic E-state index is 12.3. The first-order chi connectivity index (χ1) is 9.11. The molecule has 0 radical (unpaired) electrons. The normalized spacial score (nSPS) is 18.3. The van der Waals surface area contributed by atoms with Crippen LogP contribution in [0, 0.1) is 11.8 Å². The fourth-order valence-corrected chi connectivity index (χ4v) is 2.38. The summed E-state index contributed by atoms with van der Waals surface area (Å²) in [7, 11) is 0. The molecule has 0 bridgehead atoms. The van der Waals surface area contributed by atoms with E-state index in [9.17, 15) is 4.79 Å². The van der Waals surface area contributed by atoms with Crippen LogP contribution in [0.15, 0.2) is 30.4 Å². The van der Waals surface area contributed by atoms with Crippen LogP contribution in [0.2, 0.25) is 0 Å². The number of hydrogen-bond acceptors (Lipinski definition) is 2. The lowest BCUT2D eigenvalue weighted by Gasteiger charge is -2.09. The van der Waals surface area contributed by atoms with E-state index in [2.05, 4.69) is 19.9 Å². The maximum absolute atomic E-state index is 12.3. The molecule has 19 heavy (non-hydrogen) atoms. The lowest BCUT2D eigenvalue weighted by Crippen LogP contribution is -2.08. The fourth-order valence-electron chi connectivity index (χ4n) is 2.38. The predicted octanol–water partition coefficient (Wildman–Crippen LogP) is 4.04. The summed E-state index contributed by atoms with van der Waals surface area (Å²) >= 11 is 0. The monoisotopic (exact) mass is 258 g/mol. The van der Waals surface area contributed by atoms with Crippen molar-refractivity contribution >= 4 is 5.78 Å². The van der Waals surface area contributed by atoms with Crippen molar-refractivity contribution < 1.29 is 9.53 Å². The number of carbonyl (C=O) groups is 1. The first-order valence-electron chi connectivity index (χ1n) is 7.03. The topological polar surface area (TPSA) is 26.3 Å². The minimum absolute atomic E-state index is 0.117. The molecule has 1 aromatic carbocycles. The van der Waals surface area contributed by atoms with E-state index in [0.717, 1.165) is 29.7 Å². The smallest absolute Gasteiger partial charge is 0.166 e. The zero-order valence-corrected chi connectivity index (χ0v) is 12.0. The van der Waals surface area contributed by atoms with Crippen LogP contribution in [0.4, 0.5) is 0 Å². The molecule has 1 unspecified atom stereocenters. The van der Waals surface area contributed by atoms with Crippen molar-refractivity contribution in [3.8, 4) is 5.75 Å². The quantitative estimate of drug-likeness (QED) is 0.745. The van der Waals surface area contributed by atoms with Gasteiger partial charge in [0.2, 0.25) is 0 Å². The van der Waals surface area contributed by atoms with Gasteiger partial charge in [0.25, 0.3) is 0 Å².